The number of aromatic amines is 2. The molecule has 49 heavy (non-hydrogen) atoms. The fourth-order valence-electron chi connectivity index (χ4n) is 6.30. The van der Waals surface area contributed by atoms with Crippen molar-refractivity contribution >= 4 is 34.8 Å². The maximum absolute atomic E-state index is 13.0. The van der Waals surface area contributed by atoms with Crippen LogP contribution in [-0.4, -0.2) is 51.9 Å². The molecule has 4 aromatic heterocycles. The van der Waals surface area contributed by atoms with Crippen LogP contribution < -0.4 is 9.80 Å². The van der Waals surface area contributed by atoms with E-state index in [0.717, 1.165) is 62.1 Å². The molecule has 0 bridgehead atoms. The summed E-state index contributed by atoms with van der Waals surface area (Å²) in [6, 6.07) is 14.0. The van der Waals surface area contributed by atoms with E-state index in [2.05, 4.69) is 40.1 Å². The van der Waals surface area contributed by atoms with Crippen LogP contribution in [0.25, 0.3) is 22.3 Å². The standard InChI is InChI=1S/C19H19N5O.C18H17N5O/c1-11-7-17(23-22-11)24-16-8-13(14-9-20-12(2)21-10-14)5-6-15(16)19(3,4)18(24)25;1-11-20-7-13(8-21-11)12-4-5-14-15(6-12)23(16-9-19-10-22-16)17(24)18(14,2)3/h5-10H,1-4H3,(H,22,23);4-10H,1-3H3,(H,19,22). The van der Waals surface area contributed by atoms with E-state index < -0.39 is 10.8 Å². The number of rotatable bonds is 4. The van der Waals surface area contributed by atoms with Crippen molar-refractivity contribution in [3.63, 3.8) is 0 Å². The first-order valence-corrected chi connectivity index (χ1v) is 15.9. The Morgan fingerprint density at radius 2 is 1.10 bits per heavy atom. The highest BCUT2D eigenvalue weighted by Gasteiger charge is 2.46. The molecule has 0 atom stereocenters. The summed E-state index contributed by atoms with van der Waals surface area (Å²) < 4.78 is 0. The van der Waals surface area contributed by atoms with Gasteiger partial charge >= 0.3 is 0 Å². The Labute approximate surface area is 283 Å². The quantitative estimate of drug-likeness (QED) is 0.217. The van der Waals surface area contributed by atoms with Gasteiger partial charge in [-0.3, -0.25) is 24.5 Å². The molecule has 0 unspecified atom stereocenters. The Morgan fingerprint density at radius 1 is 0.612 bits per heavy atom. The number of fused-ring (bicyclic) bond motifs is 2. The van der Waals surface area contributed by atoms with Gasteiger partial charge in [0.2, 0.25) is 11.8 Å². The molecular weight excluding hydrogens is 616 g/mol. The molecule has 8 rings (SSSR count). The molecule has 0 fully saturated rings. The smallest absolute Gasteiger partial charge is 0.242 e. The molecule has 246 valence electrons. The Kier molecular flexibility index (Phi) is 7.46. The summed E-state index contributed by atoms with van der Waals surface area (Å²) in [6.45, 7) is 13.4. The number of hydrogen-bond acceptors (Lipinski definition) is 8. The van der Waals surface area contributed by atoms with Gasteiger partial charge in [-0.2, -0.15) is 5.10 Å². The molecule has 0 spiro atoms. The van der Waals surface area contributed by atoms with Crippen molar-refractivity contribution in [2.75, 3.05) is 9.80 Å². The zero-order valence-electron chi connectivity index (χ0n) is 28.4. The predicted octanol–water partition coefficient (Wildman–Crippen LogP) is 6.57. The number of hydrogen-bond donors (Lipinski definition) is 2. The van der Waals surface area contributed by atoms with Crippen LogP contribution in [0.4, 0.5) is 23.0 Å². The number of aryl methyl sites for hydroxylation is 3. The third-order valence-electron chi connectivity index (χ3n) is 9.17. The van der Waals surface area contributed by atoms with Gasteiger partial charge in [-0.15, -0.1) is 0 Å². The maximum atomic E-state index is 13.0. The summed E-state index contributed by atoms with van der Waals surface area (Å²) in [6.07, 6.45) is 10.4. The molecule has 0 aliphatic carbocycles. The highest BCUT2D eigenvalue weighted by molar-refractivity contribution is 6.13. The normalized spacial score (nSPS) is 15.6. The average Bonchev–Trinajstić information content (AvgIpc) is 3.84. The summed E-state index contributed by atoms with van der Waals surface area (Å²) in [7, 11) is 0. The van der Waals surface area contributed by atoms with Crippen molar-refractivity contribution in [2.45, 2.75) is 59.3 Å². The summed E-state index contributed by atoms with van der Waals surface area (Å²) in [4.78, 5) is 53.5. The van der Waals surface area contributed by atoms with E-state index >= 15 is 0 Å². The van der Waals surface area contributed by atoms with Gasteiger partial charge in [0, 0.05) is 47.7 Å². The lowest BCUT2D eigenvalue weighted by molar-refractivity contribution is -0.122. The molecule has 0 saturated carbocycles. The molecule has 0 saturated heterocycles. The first kappa shape index (κ1) is 31.6. The number of carbonyl (C=O) groups is 2. The summed E-state index contributed by atoms with van der Waals surface area (Å²) in [5.41, 5.74) is 7.25. The van der Waals surface area contributed by atoms with Crippen molar-refractivity contribution in [1.82, 2.24) is 40.1 Å². The SMILES string of the molecule is Cc1ncc(-c2ccc3c(c2)N(c2cc(C)[nH]n2)C(=O)C3(C)C)cn1.Cc1ncc(-c2ccc3c(c2)N(c2cnc[nH]2)C(=O)C3(C)C)cn1. The van der Waals surface area contributed by atoms with E-state index in [4.69, 9.17) is 0 Å². The van der Waals surface area contributed by atoms with Gasteiger partial charge in [0.25, 0.3) is 0 Å². The Balaban J connectivity index is 0.000000154. The van der Waals surface area contributed by atoms with Gasteiger partial charge in [-0.05, 0) is 82.9 Å². The van der Waals surface area contributed by atoms with E-state index in [0.29, 0.717) is 11.6 Å². The maximum Gasteiger partial charge on any atom is 0.242 e. The van der Waals surface area contributed by atoms with E-state index in [1.54, 1.807) is 47.1 Å². The molecule has 2 N–H and O–H groups in total. The van der Waals surface area contributed by atoms with Crippen LogP contribution in [0.1, 0.15) is 56.2 Å². The number of H-pyrrole nitrogens is 2. The first-order valence-electron chi connectivity index (χ1n) is 15.9. The van der Waals surface area contributed by atoms with Crippen molar-refractivity contribution in [3.05, 3.63) is 108 Å². The van der Waals surface area contributed by atoms with Crippen LogP contribution in [0.3, 0.4) is 0 Å². The van der Waals surface area contributed by atoms with Crippen molar-refractivity contribution < 1.29 is 9.59 Å². The predicted molar refractivity (Wildman–Crippen MR) is 187 cm³/mol. The number of aromatic nitrogens is 8. The van der Waals surface area contributed by atoms with Crippen LogP contribution in [0, 0.1) is 20.8 Å². The third-order valence-corrected chi connectivity index (χ3v) is 9.17. The van der Waals surface area contributed by atoms with Crippen LogP contribution in [-0.2, 0) is 20.4 Å². The lowest BCUT2D eigenvalue weighted by Crippen LogP contribution is -2.33. The van der Waals surface area contributed by atoms with Crippen LogP contribution in [0.15, 0.2) is 79.8 Å². The fourth-order valence-corrected chi connectivity index (χ4v) is 6.30. The second-order valence-electron chi connectivity index (χ2n) is 13.4. The topological polar surface area (TPSA) is 150 Å². The highest BCUT2D eigenvalue weighted by atomic mass is 16.2. The van der Waals surface area contributed by atoms with E-state index in [9.17, 15) is 9.59 Å². The molecular formula is C37H36N10O2. The minimum atomic E-state index is -0.593. The van der Waals surface area contributed by atoms with E-state index in [-0.39, 0.29) is 11.8 Å². The van der Waals surface area contributed by atoms with Crippen molar-refractivity contribution in [3.8, 4) is 22.3 Å². The minimum absolute atomic E-state index is 0.0197. The number of imidazole rings is 1. The molecule has 2 aliphatic heterocycles. The van der Waals surface area contributed by atoms with E-state index in [1.165, 1.54) is 0 Å². The van der Waals surface area contributed by atoms with Crippen molar-refractivity contribution in [1.29, 1.82) is 0 Å². The Hall–Kier alpha value is -6.04. The van der Waals surface area contributed by atoms with E-state index in [1.807, 2.05) is 90.9 Å². The molecule has 12 nitrogen and oxygen atoms in total. The molecule has 2 aromatic carbocycles. The van der Waals surface area contributed by atoms with Gasteiger partial charge in [0.15, 0.2) is 5.82 Å². The minimum Gasteiger partial charge on any atom is -0.331 e. The lowest BCUT2D eigenvalue weighted by Gasteiger charge is -2.18. The highest BCUT2D eigenvalue weighted by Crippen LogP contribution is 2.47. The van der Waals surface area contributed by atoms with Crippen LogP contribution in [0.5, 0.6) is 0 Å². The molecule has 2 amide bonds. The molecule has 0 radical (unpaired) electrons. The second kappa shape index (κ2) is 11.6. The number of amides is 2. The lowest BCUT2D eigenvalue weighted by atomic mass is 9.85. The largest absolute Gasteiger partial charge is 0.331 e. The molecule has 6 aromatic rings. The van der Waals surface area contributed by atoms with Gasteiger partial charge in [-0.1, -0.05) is 24.3 Å². The number of carbonyl (C=O) groups excluding carboxylic acids is 2. The van der Waals surface area contributed by atoms with Crippen LogP contribution >= 0.6 is 0 Å². The molecule has 12 heteroatoms. The second-order valence-corrected chi connectivity index (χ2v) is 13.4. The van der Waals surface area contributed by atoms with Crippen LogP contribution in [0.2, 0.25) is 0 Å². The number of nitrogens with zero attached hydrogens (tertiary/aromatic N) is 8. The zero-order chi connectivity index (χ0) is 34.7. The number of nitrogens with one attached hydrogen (secondary N) is 2. The summed E-state index contributed by atoms with van der Waals surface area (Å²) >= 11 is 0. The Morgan fingerprint density at radius 3 is 1.55 bits per heavy atom. The third kappa shape index (κ3) is 5.35. The van der Waals surface area contributed by atoms with Gasteiger partial charge < -0.3 is 4.98 Å². The monoisotopic (exact) mass is 652 g/mol. The van der Waals surface area contributed by atoms with Gasteiger partial charge in [0.05, 0.1) is 34.7 Å². The first-order chi connectivity index (χ1) is 23.4. The zero-order valence-corrected chi connectivity index (χ0v) is 28.4. The molecule has 2 aliphatic rings. The average molecular weight is 653 g/mol. The van der Waals surface area contributed by atoms with Gasteiger partial charge in [0.1, 0.15) is 17.5 Å². The number of benzene rings is 2. The summed E-state index contributed by atoms with van der Waals surface area (Å²) in [5.74, 6) is 2.80. The number of anilines is 4. The van der Waals surface area contributed by atoms with Crippen molar-refractivity contribution in [2.24, 2.45) is 0 Å². The summed E-state index contributed by atoms with van der Waals surface area (Å²) in [5, 5.41) is 7.19. The van der Waals surface area contributed by atoms with Gasteiger partial charge in [-0.25, -0.2) is 24.9 Å². The fraction of sp³-hybridized carbons (Fsp3) is 0.243. The molecule has 6 heterocycles. The Bertz CT molecular complexity index is 2200.